The summed E-state index contributed by atoms with van der Waals surface area (Å²) in [4.78, 5) is 4.74. The summed E-state index contributed by atoms with van der Waals surface area (Å²) in [5, 5.41) is 0. The number of aryl methyl sites for hydroxylation is 1. The number of hydrogen-bond acceptors (Lipinski definition) is 1. The number of fused-ring (bicyclic) bond motifs is 1. The van der Waals surface area contributed by atoms with E-state index in [-0.39, 0.29) is 0 Å². The van der Waals surface area contributed by atoms with Gasteiger partial charge in [-0.3, -0.25) is 0 Å². The minimum atomic E-state index is 0.505. The number of rotatable bonds is 2. The van der Waals surface area contributed by atoms with Gasteiger partial charge in [0.25, 0.3) is 0 Å². The number of nitrogens with zero attached hydrogens (tertiary/aromatic N) is 2. The summed E-state index contributed by atoms with van der Waals surface area (Å²) in [6, 6.07) is 7.02. The van der Waals surface area contributed by atoms with E-state index in [1.54, 1.807) is 0 Å². The van der Waals surface area contributed by atoms with E-state index in [0.29, 0.717) is 11.9 Å². The van der Waals surface area contributed by atoms with Gasteiger partial charge in [-0.15, -0.1) is 11.6 Å². The van der Waals surface area contributed by atoms with Gasteiger partial charge in [0.05, 0.1) is 16.9 Å². The standard InChI is InChI=1S/C15H19ClN2/c1-11-6-5-9-13-15(11)17-14(10-16)18(13)12-7-3-2-4-8-12/h5-6,9,12H,2-4,7-8,10H2,1H3. The Hall–Kier alpha value is -1.02. The summed E-state index contributed by atoms with van der Waals surface area (Å²) in [6.07, 6.45) is 6.57. The molecule has 3 heteroatoms. The third-order valence-electron chi connectivity index (χ3n) is 4.05. The maximum Gasteiger partial charge on any atom is 0.125 e. The van der Waals surface area contributed by atoms with Crippen LogP contribution in [-0.4, -0.2) is 9.55 Å². The topological polar surface area (TPSA) is 17.8 Å². The molecule has 0 N–H and O–H groups in total. The number of para-hydroxylation sites is 1. The predicted molar refractivity (Wildman–Crippen MR) is 76.1 cm³/mol. The molecule has 0 spiro atoms. The quantitative estimate of drug-likeness (QED) is 0.724. The molecular weight excluding hydrogens is 244 g/mol. The van der Waals surface area contributed by atoms with Crippen LogP contribution in [0.3, 0.4) is 0 Å². The van der Waals surface area contributed by atoms with Crippen molar-refractivity contribution in [3.8, 4) is 0 Å². The SMILES string of the molecule is Cc1cccc2c1nc(CCl)n2C1CCCCC1. The molecule has 18 heavy (non-hydrogen) atoms. The van der Waals surface area contributed by atoms with Gasteiger partial charge < -0.3 is 4.57 Å². The lowest BCUT2D eigenvalue weighted by Crippen LogP contribution is -2.14. The highest BCUT2D eigenvalue weighted by molar-refractivity contribution is 6.16. The number of benzene rings is 1. The smallest absolute Gasteiger partial charge is 0.125 e. The highest BCUT2D eigenvalue weighted by atomic mass is 35.5. The zero-order valence-electron chi connectivity index (χ0n) is 10.8. The summed E-state index contributed by atoms with van der Waals surface area (Å²) >= 11 is 6.09. The van der Waals surface area contributed by atoms with Crippen molar-refractivity contribution >= 4 is 22.6 Å². The Morgan fingerprint density at radius 2 is 2.06 bits per heavy atom. The van der Waals surface area contributed by atoms with Crippen LogP contribution in [0.1, 0.15) is 49.5 Å². The van der Waals surface area contributed by atoms with Crippen LogP contribution in [0.25, 0.3) is 11.0 Å². The summed E-state index contributed by atoms with van der Waals surface area (Å²) in [7, 11) is 0. The highest BCUT2D eigenvalue weighted by Crippen LogP contribution is 2.33. The van der Waals surface area contributed by atoms with Gasteiger partial charge in [-0.2, -0.15) is 0 Å². The first-order valence-electron chi connectivity index (χ1n) is 6.83. The van der Waals surface area contributed by atoms with Crippen molar-refractivity contribution in [3.05, 3.63) is 29.6 Å². The van der Waals surface area contributed by atoms with Crippen molar-refractivity contribution in [2.45, 2.75) is 50.9 Å². The molecule has 1 aliphatic rings. The fourth-order valence-corrected chi connectivity index (χ4v) is 3.33. The van der Waals surface area contributed by atoms with Crippen molar-refractivity contribution in [1.82, 2.24) is 9.55 Å². The molecule has 1 aromatic carbocycles. The largest absolute Gasteiger partial charge is 0.324 e. The molecular formula is C15H19ClN2. The Balaban J connectivity index is 2.16. The molecule has 0 radical (unpaired) electrons. The van der Waals surface area contributed by atoms with Crippen LogP contribution in [0.4, 0.5) is 0 Å². The van der Waals surface area contributed by atoms with E-state index >= 15 is 0 Å². The number of hydrogen-bond donors (Lipinski definition) is 0. The Morgan fingerprint density at radius 1 is 1.28 bits per heavy atom. The number of alkyl halides is 1. The van der Waals surface area contributed by atoms with Crippen molar-refractivity contribution < 1.29 is 0 Å². The molecule has 1 aromatic heterocycles. The van der Waals surface area contributed by atoms with Crippen LogP contribution in [-0.2, 0) is 5.88 Å². The van der Waals surface area contributed by atoms with Gasteiger partial charge >= 0.3 is 0 Å². The average Bonchev–Trinajstić information content (AvgIpc) is 2.80. The highest BCUT2D eigenvalue weighted by Gasteiger charge is 2.21. The molecule has 1 aliphatic carbocycles. The van der Waals surface area contributed by atoms with Gasteiger partial charge in [0.15, 0.2) is 0 Å². The van der Waals surface area contributed by atoms with E-state index in [9.17, 15) is 0 Å². The average molecular weight is 263 g/mol. The Bertz CT molecular complexity index is 553. The second kappa shape index (κ2) is 4.93. The van der Waals surface area contributed by atoms with Gasteiger partial charge in [-0.25, -0.2) is 4.98 Å². The summed E-state index contributed by atoms with van der Waals surface area (Å²) in [5.41, 5.74) is 3.63. The monoisotopic (exact) mass is 262 g/mol. The maximum atomic E-state index is 6.09. The lowest BCUT2D eigenvalue weighted by Gasteiger charge is -2.25. The summed E-state index contributed by atoms with van der Waals surface area (Å²) in [5.74, 6) is 1.54. The molecule has 0 atom stereocenters. The van der Waals surface area contributed by atoms with Crippen LogP contribution in [0, 0.1) is 6.92 Å². The van der Waals surface area contributed by atoms with E-state index in [1.807, 2.05) is 0 Å². The minimum Gasteiger partial charge on any atom is -0.324 e. The van der Waals surface area contributed by atoms with E-state index < -0.39 is 0 Å². The molecule has 0 unspecified atom stereocenters. The molecule has 3 rings (SSSR count). The summed E-state index contributed by atoms with van der Waals surface area (Å²) < 4.78 is 2.40. The zero-order valence-corrected chi connectivity index (χ0v) is 11.6. The van der Waals surface area contributed by atoms with Crippen LogP contribution in [0.5, 0.6) is 0 Å². The van der Waals surface area contributed by atoms with Crippen molar-refractivity contribution in [2.24, 2.45) is 0 Å². The molecule has 0 bridgehead atoms. The predicted octanol–water partition coefficient (Wildman–Crippen LogP) is 4.59. The molecule has 0 aliphatic heterocycles. The maximum absolute atomic E-state index is 6.09. The Morgan fingerprint density at radius 3 is 2.78 bits per heavy atom. The van der Waals surface area contributed by atoms with Gasteiger partial charge in [0.1, 0.15) is 5.82 Å². The first kappa shape index (κ1) is 12.0. The van der Waals surface area contributed by atoms with Crippen molar-refractivity contribution in [1.29, 1.82) is 0 Å². The normalized spacial score (nSPS) is 17.4. The molecule has 2 aromatic rings. The zero-order chi connectivity index (χ0) is 12.5. The van der Waals surface area contributed by atoms with E-state index in [2.05, 4.69) is 29.7 Å². The lowest BCUT2D eigenvalue weighted by molar-refractivity contribution is 0.354. The van der Waals surface area contributed by atoms with Gasteiger partial charge in [0, 0.05) is 6.04 Å². The van der Waals surface area contributed by atoms with Crippen LogP contribution in [0.2, 0.25) is 0 Å². The Labute approximate surface area is 113 Å². The molecule has 2 nitrogen and oxygen atoms in total. The molecule has 96 valence electrons. The van der Waals surface area contributed by atoms with E-state index in [1.165, 1.54) is 43.2 Å². The third kappa shape index (κ3) is 1.93. The molecule has 1 fully saturated rings. The number of halogens is 1. The fourth-order valence-electron chi connectivity index (χ4n) is 3.15. The van der Waals surface area contributed by atoms with Crippen LogP contribution >= 0.6 is 11.6 Å². The van der Waals surface area contributed by atoms with Crippen LogP contribution < -0.4 is 0 Å². The van der Waals surface area contributed by atoms with Crippen molar-refractivity contribution in [2.75, 3.05) is 0 Å². The number of imidazole rings is 1. The lowest BCUT2D eigenvalue weighted by atomic mass is 9.95. The number of aromatic nitrogens is 2. The first-order chi connectivity index (χ1) is 8.81. The second-order valence-electron chi connectivity index (χ2n) is 5.27. The first-order valence-corrected chi connectivity index (χ1v) is 7.37. The molecule has 0 amide bonds. The van der Waals surface area contributed by atoms with Crippen molar-refractivity contribution in [3.63, 3.8) is 0 Å². The van der Waals surface area contributed by atoms with Gasteiger partial charge in [-0.05, 0) is 31.4 Å². The fraction of sp³-hybridized carbons (Fsp3) is 0.533. The Kier molecular flexibility index (Phi) is 3.29. The molecule has 1 heterocycles. The van der Waals surface area contributed by atoms with E-state index in [4.69, 9.17) is 16.6 Å². The molecule has 1 saturated carbocycles. The third-order valence-corrected chi connectivity index (χ3v) is 4.29. The van der Waals surface area contributed by atoms with Crippen LogP contribution in [0.15, 0.2) is 18.2 Å². The van der Waals surface area contributed by atoms with Gasteiger partial charge in [0.2, 0.25) is 0 Å². The van der Waals surface area contributed by atoms with E-state index in [0.717, 1.165) is 11.3 Å². The molecule has 0 saturated heterocycles. The summed E-state index contributed by atoms with van der Waals surface area (Å²) in [6.45, 7) is 2.12. The second-order valence-corrected chi connectivity index (χ2v) is 5.53. The minimum absolute atomic E-state index is 0.505. The van der Waals surface area contributed by atoms with Gasteiger partial charge in [-0.1, -0.05) is 31.4 Å².